The summed E-state index contributed by atoms with van der Waals surface area (Å²) >= 11 is 0. The van der Waals surface area contributed by atoms with Crippen molar-refractivity contribution in [3.63, 3.8) is 0 Å². The Hall–Kier alpha value is -3.29. The third-order valence-corrected chi connectivity index (χ3v) is 4.36. The molecule has 3 heterocycles. The Kier molecular flexibility index (Phi) is 4.53. The molecule has 0 amide bonds. The van der Waals surface area contributed by atoms with Crippen molar-refractivity contribution in [1.29, 1.82) is 0 Å². The van der Waals surface area contributed by atoms with Gasteiger partial charge in [0.1, 0.15) is 18.1 Å². The van der Waals surface area contributed by atoms with Gasteiger partial charge in [0.2, 0.25) is 6.79 Å². The normalized spacial score (nSPS) is 12.4. The molecule has 1 aliphatic heterocycles. The molecule has 1 aromatic carbocycles. The zero-order chi connectivity index (χ0) is 18.8. The number of rotatable bonds is 6. The van der Waals surface area contributed by atoms with Crippen LogP contribution in [0.2, 0.25) is 0 Å². The van der Waals surface area contributed by atoms with E-state index in [9.17, 15) is 4.79 Å². The lowest BCUT2D eigenvalue weighted by Crippen LogP contribution is -2.06. The summed E-state index contributed by atoms with van der Waals surface area (Å²) in [5.41, 5.74) is 3.08. The van der Waals surface area contributed by atoms with Gasteiger partial charge in [-0.15, -0.1) is 0 Å². The van der Waals surface area contributed by atoms with Gasteiger partial charge < -0.3 is 23.3 Å². The zero-order valence-corrected chi connectivity index (χ0v) is 15.0. The van der Waals surface area contributed by atoms with Gasteiger partial charge in [0, 0.05) is 23.6 Å². The topological polar surface area (TPSA) is 96.8 Å². The number of esters is 1. The molecule has 27 heavy (non-hydrogen) atoms. The molecule has 0 saturated heterocycles. The third-order valence-electron chi connectivity index (χ3n) is 4.36. The van der Waals surface area contributed by atoms with Crippen LogP contribution in [0, 0.1) is 13.8 Å². The van der Waals surface area contributed by atoms with Gasteiger partial charge in [-0.05, 0) is 38.5 Å². The highest BCUT2D eigenvalue weighted by molar-refractivity contribution is 5.70. The monoisotopic (exact) mass is 370 g/mol. The minimum absolute atomic E-state index is 0.0501. The first kappa shape index (κ1) is 17.1. The molecule has 0 bridgehead atoms. The number of benzene rings is 1. The van der Waals surface area contributed by atoms with Crippen molar-refractivity contribution in [3.05, 3.63) is 47.0 Å². The van der Waals surface area contributed by atoms with Crippen LogP contribution in [0.4, 0.5) is 0 Å². The van der Waals surface area contributed by atoms with E-state index in [4.69, 9.17) is 23.3 Å². The van der Waals surface area contributed by atoms with Crippen LogP contribution in [0.15, 0.2) is 33.3 Å². The number of fused-ring (bicyclic) bond motifs is 1. The average Bonchev–Trinajstić information content (AvgIpc) is 3.38. The van der Waals surface area contributed by atoms with E-state index in [2.05, 4.69) is 10.3 Å². The molecule has 0 spiro atoms. The second-order valence-corrected chi connectivity index (χ2v) is 6.21. The van der Waals surface area contributed by atoms with Crippen molar-refractivity contribution in [1.82, 2.24) is 10.3 Å². The van der Waals surface area contributed by atoms with Crippen molar-refractivity contribution < 1.29 is 28.1 Å². The van der Waals surface area contributed by atoms with Gasteiger partial charge in [-0.1, -0.05) is 10.3 Å². The van der Waals surface area contributed by atoms with Crippen LogP contribution >= 0.6 is 0 Å². The fraction of sp³-hybridized carbons (Fsp3) is 0.316. The third kappa shape index (κ3) is 3.64. The van der Waals surface area contributed by atoms with Gasteiger partial charge in [-0.3, -0.25) is 4.79 Å². The average molecular weight is 370 g/mol. The van der Waals surface area contributed by atoms with E-state index in [0.717, 1.165) is 22.6 Å². The van der Waals surface area contributed by atoms with Crippen LogP contribution in [0.25, 0.3) is 11.3 Å². The molecule has 140 valence electrons. The molecule has 0 fully saturated rings. The highest BCUT2D eigenvalue weighted by Gasteiger charge is 2.17. The Labute approximate surface area is 155 Å². The summed E-state index contributed by atoms with van der Waals surface area (Å²) in [5, 5.41) is 7.82. The van der Waals surface area contributed by atoms with Crippen LogP contribution < -0.4 is 9.47 Å². The van der Waals surface area contributed by atoms with Crippen molar-refractivity contribution in [2.45, 2.75) is 33.3 Å². The molecular formula is C19H18N2O6. The van der Waals surface area contributed by atoms with Crippen molar-refractivity contribution >= 4 is 5.97 Å². The molecule has 8 heteroatoms. The molecule has 0 radical (unpaired) electrons. The Bertz CT molecular complexity index is 955. The molecule has 0 saturated carbocycles. The SMILES string of the molecule is Cc1noc(C)c1CCC(=O)OCc1cc(-c2ccc3c(c2)OCO3)on1. The number of hydrogen-bond donors (Lipinski definition) is 0. The smallest absolute Gasteiger partial charge is 0.306 e. The summed E-state index contributed by atoms with van der Waals surface area (Å²) in [7, 11) is 0. The highest BCUT2D eigenvalue weighted by atomic mass is 16.7. The summed E-state index contributed by atoms with van der Waals surface area (Å²) < 4.78 is 26.3. The number of carbonyl (C=O) groups is 1. The first-order valence-electron chi connectivity index (χ1n) is 8.53. The second kappa shape index (κ2) is 7.14. The van der Waals surface area contributed by atoms with E-state index in [1.165, 1.54) is 0 Å². The first-order valence-corrected chi connectivity index (χ1v) is 8.53. The van der Waals surface area contributed by atoms with E-state index < -0.39 is 0 Å². The predicted molar refractivity (Wildman–Crippen MR) is 92.2 cm³/mol. The number of hydrogen-bond acceptors (Lipinski definition) is 8. The van der Waals surface area contributed by atoms with E-state index >= 15 is 0 Å². The van der Waals surface area contributed by atoms with Crippen molar-refractivity contribution in [2.75, 3.05) is 6.79 Å². The van der Waals surface area contributed by atoms with Crippen LogP contribution in [-0.2, 0) is 22.6 Å². The summed E-state index contributed by atoms with van der Waals surface area (Å²) in [6.07, 6.45) is 0.775. The van der Waals surface area contributed by atoms with Gasteiger partial charge in [0.25, 0.3) is 0 Å². The Balaban J connectivity index is 1.32. The molecule has 0 aliphatic carbocycles. The van der Waals surface area contributed by atoms with Gasteiger partial charge >= 0.3 is 5.97 Å². The zero-order valence-electron chi connectivity index (χ0n) is 15.0. The predicted octanol–water partition coefficient (Wildman–Crippen LogP) is 3.35. The van der Waals surface area contributed by atoms with Crippen molar-refractivity contribution in [3.8, 4) is 22.8 Å². The van der Waals surface area contributed by atoms with E-state index in [-0.39, 0.29) is 25.8 Å². The Morgan fingerprint density at radius 1 is 1.11 bits per heavy atom. The number of aryl methyl sites for hydroxylation is 2. The maximum atomic E-state index is 12.0. The molecule has 0 unspecified atom stereocenters. The van der Waals surface area contributed by atoms with Crippen LogP contribution in [0.1, 0.15) is 29.1 Å². The number of carbonyl (C=O) groups excluding carboxylic acids is 1. The number of nitrogens with zero attached hydrogens (tertiary/aromatic N) is 2. The maximum absolute atomic E-state index is 12.0. The summed E-state index contributed by atoms with van der Waals surface area (Å²) in [6.45, 7) is 3.94. The standard InChI is InChI=1S/C19H18N2O6/c1-11-15(12(2)26-20-11)4-6-19(22)23-9-14-8-17(27-21-14)13-3-5-16-18(7-13)25-10-24-16/h3,5,7-8H,4,6,9-10H2,1-2H3. The molecule has 8 nitrogen and oxygen atoms in total. The second-order valence-electron chi connectivity index (χ2n) is 6.21. The molecule has 0 atom stereocenters. The highest BCUT2D eigenvalue weighted by Crippen LogP contribution is 2.36. The maximum Gasteiger partial charge on any atom is 0.306 e. The summed E-state index contributed by atoms with van der Waals surface area (Å²) in [4.78, 5) is 12.0. The lowest BCUT2D eigenvalue weighted by Gasteiger charge is -2.02. The Morgan fingerprint density at radius 3 is 2.78 bits per heavy atom. The van der Waals surface area contributed by atoms with Crippen LogP contribution in [0.3, 0.4) is 0 Å². The largest absolute Gasteiger partial charge is 0.459 e. The summed E-state index contributed by atoms with van der Waals surface area (Å²) in [5.74, 6) is 2.34. The molecule has 3 aromatic rings. The molecule has 2 aromatic heterocycles. The number of ether oxygens (including phenoxy) is 3. The minimum Gasteiger partial charge on any atom is -0.459 e. The van der Waals surface area contributed by atoms with E-state index in [1.54, 1.807) is 6.07 Å². The minimum atomic E-state index is -0.317. The number of aromatic nitrogens is 2. The summed E-state index contributed by atoms with van der Waals surface area (Å²) in [6, 6.07) is 7.23. The quantitative estimate of drug-likeness (QED) is 0.610. The van der Waals surface area contributed by atoms with Crippen LogP contribution in [-0.4, -0.2) is 23.1 Å². The van der Waals surface area contributed by atoms with Crippen molar-refractivity contribution in [2.24, 2.45) is 0 Å². The first-order chi connectivity index (χ1) is 13.1. The fourth-order valence-corrected chi connectivity index (χ4v) is 2.88. The van der Waals surface area contributed by atoms with Crippen LogP contribution in [0.5, 0.6) is 11.5 Å². The van der Waals surface area contributed by atoms with Gasteiger partial charge in [-0.25, -0.2) is 0 Å². The molecule has 0 N–H and O–H groups in total. The Morgan fingerprint density at radius 2 is 1.96 bits per heavy atom. The molecule has 4 rings (SSSR count). The van der Waals surface area contributed by atoms with Gasteiger partial charge in [0.15, 0.2) is 17.3 Å². The van der Waals surface area contributed by atoms with E-state index in [1.807, 2.05) is 32.0 Å². The lowest BCUT2D eigenvalue weighted by atomic mass is 10.1. The molecule has 1 aliphatic rings. The van der Waals surface area contributed by atoms with E-state index in [0.29, 0.717) is 29.4 Å². The fourth-order valence-electron chi connectivity index (χ4n) is 2.88. The molecular weight excluding hydrogens is 352 g/mol. The van der Waals surface area contributed by atoms with Gasteiger partial charge in [0.05, 0.1) is 5.69 Å². The lowest BCUT2D eigenvalue weighted by molar-refractivity contribution is -0.145. The van der Waals surface area contributed by atoms with Gasteiger partial charge in [-0.2, -0.15) is 0 Å².